The molecule has 4 bridgehead atoms. The molecule has 4 heteroatoms. The van der Waals surface area contributed by atoms with Gasteiger partial charge in [0.1, 0.15) is 6.04 Å². The van der Waals surface area contributed by atoms with Crippen molar-refractivity contribution >= 4 is 11.8 Å². The first kappa shape index (κ1) is 18.3. The van der Waals surface area contributed by atoms with Crippen molar-refractivity contribution in [3.05, 3.63) is 0 Å². The van der Waals surface area contributed by atoms with E-state index in [9.17, 15) is 9.59 Å². The van der Waals surface area contributed by atoms with Gasteiger partial charge in [-0.15, -0.1) is 0 Å². The second-order valence-electron chi connectivity index (χ2n) is 10.2. The Morgan fingerprint density at radius 1 is 0.962 bits per heavy atom. The molecule has 1 saturated heterocycles. The van der Waals surface area contributed by atoms with Crippen molar-refractivity contribution < 1.29 is 9.59 Å². The highest BCUT2D eigenvalue weighted by atomic mass is 16.2. The monoisotopic (exact) mass is 360 g/mol. The summed E-state index contributed by atoms with van der Waals surface area (Å²) in [6, 6.07) is -0.325. The van der Waals surface area contributed by atoms with Crippen molar-refractivity contribution in [2.24, 2.45) is 29.1 Å². The van der Waals surface area contributed by atoms with E-state index in [2.05, 4.69) is 19.2 Å². The number of nitrogens with one attached hydrogen (secondary N) is 1. The topological polar surface area (TPSA) is 49.4 Å². The lowest BCUT2D eigenvalue weighted by Gasteiger charge is -2.55. The molecule has 0 spiro atoms. The fraction of sp³-hybridized carbons (Fsp3) is 0.909. The van der Waals surface area contributed by atoms with Gasteiger partial charge in [0.2, 0.25) is 11.8 Å². The van der Waals surface area contributed by atoms with Gasteiger partial charge in [0, 0.05) is 18.5 Å². The van der Waals surface area contributed by atoms with Crippen LogP contribution in [0.25, 0.3) is 0 Å². The van der Waals surface area contributed by atoms with E-state index in [1.165, 1.54) is 25.7 Å². The first-order valence-electron chi connectivity index (χ1n) is 11.0. The normalized spacial score (nSPS) is 37.0. The van der Waals surface area contributed by atoms with E-state index in [4.69, 9.17) is 0 Å². The summed E-state index contributed by atoms with van der Waals surface area (Å²) in [4.78, 5) is 28.5. The lowest BCUT2D eigenvalue weighted by atomic mass is 9.49. The molecule has 26 heavy (non-hydrogen) atoms. The predicted octanol–water partition coefficient (Wildman–Crippen LogP) is 3.75. The molecule has 0 aromatic rings. The lowest BCUT2D eigenvalue weighted by Crippen LogP contribution is -2.58. The minimum absolute atomic E-state index is 0.161. The van der Waals surface area contributed by atoms with E-state index in [1.807, 2.05) is 4.90 Å². The van der Waals surface area contributed by atoms with E-state index in [0.717, 1.165) is 69.4 Å². The second kappa shape index (κ2) is 7.16. The molecule has 146 valence electrons. The highest BCUT2D eigenvalue weighted by Crippen LogP contribution is 2.60. The fourth-order valence-corrected chi connectivity index (χ4v) is 6.73. The van der Waals surface area contributed by atoms with Crippen molar-refractivity contribution in [1.29, 1.82) is 0 Å². The number of hydrogen-bond donors (Lipinski definition) is 1. The van der Waals surface area contributed by atoms with Crippen molar-refractivity contribution in [2.45, 2.75) is 84.1 Å². The molecule has 4 nitrogen and oxygen atoms in total. The van der Waals surface area contributed by atoms with Crippen molar-refractivity contribution in [2.75, 3.05) is 13.1 Å². The molecular weight excluding hydrogens is 324 g/mol. The average molecular weight is 361 g/mol. The Bertz CT molecular complexity index is 515. The number of amides is 2. The minimum atomic E-state index is -0.325. The van der Waals surface area contributed by atoms with Crippen LogP contribution in [0.5, 0.6) is 0 Å². The van der Waals surface area contributed by atoms with Gasteiger partial charge in [0.05, 0.1) is 0 Å². The Morgan fingerprint density at radius 3 is 2.00 bits per heavy atom. The molecule has 1 aliphatic heterocycles. The maximum Gasteiger partial charge on any atom is 0.245 e. The van der Waals surface area contributed by atoms with Gasteiger partial charge < -0.3 is 10.2 Å². The molecule has 5 aliphatic rings. The zero-order valence-corrected chi connectivity index (χ0v) is 16.6. The van der Waals surface area contributed by atoms with Crippen LogP contribution in [-0.2, 0) is 9.59 Å². The summed E-state index contributed by atoms with van der Waals surface area (Å²) in [6.45, 7) is 6.02. The van der Waals surface area contributed by atoms with Gasteiger partial charge >= 0.3 is 0 Å². The Kier molecular flexibility index (Phi) is 5.04. The van der Waals surface area contributed by atoms with Crippen LogP contribution in [0.1, 0.15) is 78.1 Å². The zero-order chi connectivity index (χ0) is 18.3. The van der Waals surface area contributed by atoms with Crippen LogP contribution >= 0.6 is 0 Å². The summed E-state index contributed by atoms with van der Waals surface area (Å²) in [5.74, 6) is 3.05. The molecule has 4 saturated carbocycles. The van der Waals surface area contributed by atoms with Crippen LogP contribution in [0, 0.1) is 29.1 Å². The Balaban J connectivity index is 1.46. The number of rotatable bonds is 5. The van der Waals surface area contributed by atoms with E-state index in [1.54, 1.807) is 0 Å². The highest BCUT2D eigenvalue weighted by Gasteiger charge is 2.55. The van der Waals surface area contributed by atoms with E-state index in [0.29, 0.717) is 5.92 Å². The summed E-state index contributed by atoms with van der Waals surface area (Å²) in [5, 5.41) is 3.27. The summed E-state index contributed by atoms with van der Waals surface area (Å²) in [6.07, 6.45) is 11.4. The molecule has 0 aromatic carbocycles. The summed E-state index contributed by atoms with van der Waals surface area (Å²) in [7, 11) is 0. The summed E-state index contributed by atoms with van der Waals surface area (Å²) < 4.78 is 0. The van der Waals surface area contributed by atoms with Crippen LogP contribution in [0.15, 0.2) is 0 Å². The van der Waals surface area contributed by atoms with Gasteiger partial charge in [-0.2, -0.15) is 0 Å². The standard InChI is InChI=1S/C22H36N2O2/c1-15(2)8-19(20(25)24-6-4-3-5-7-24)23-21(26)22-12-16-9-17(13-22)11-18(10-16)14-22/h15-19H,3-14H2,1-2H3,(H,23,26)/t16?,17?,18?,19-,22?/m1/s1. The van der Waals surface area contributed by atoms with Gasteiger partial charge in [-0.3, -0.25) is 9.59 Å². The van der Waals surface area contributed by atoms with Gasteiger partial charge in [-0.1, -0.05) is 13.8 Å². The average Bonchev–Trinajstić information content (AvgIpc) is 2.59. The quantitative estimate of drug-likeness (QED) is 0.812. The molecule has 0 aromatic heterocycles. The number of nitrogens with zero attached hydrogens (tertiary/aromatic N) is 1. The van der Waals surface area contributed by atoms with Crippen molar-refractivity contribution in [3.63, 3.8) is 0 Å². The smallest absolute Gasteiger partial charge is 0.245 e. The van der Waals surface area contributed by atoms with E-state index >= 15 is 0 Å². The van der Waals surface area contributed by atoms with Gasteiger partial charge in [-0.05, 0) is 87.9 Å². The summed E-state index contributed by atoms with van der Waals surface area (Å²) in [5.41, 5.74) is -0.161. The van der Waals surface area contributed by atoms with Gasteiger partial charge in [-0.25, -0.2) is 0 Å². The molecular formula is C22H36N2O2. The van der Waals surface area contributed by atoms with Gasteiger partial charge in [0.15, 0.2) is 0 Å². The van der Waals surface area contributed by atoms with Crippen molar-refractivity contribution in [3.8, 4) is 0 Å². The van der Waals surface area contributed by atoms with Crippen LogP contribution in [0.2, 0.25) is 0 Å². The first-order chi connectivity index (χ1) is 12.4. The molecule has 0 unspecified atom stereocenters. The van der Waals surface area contributed by atoms with Crippen LogP contribution in [0.3, 0.4) is 0 Å². The number of carbonyl (C=O) groups is 2. The van der Waals surface area contributed by atoms with Gasteiger partial charge in [0.25, 0.3) is 0 Å². The number of likely N-dealkylation sites (tertiary alicyclic amines) is 1. The third-order valence-corrected chi connectivity index (χ3v) is 7.50. The molecule has 2 amide bonds. The lowest BCUT2D eigenvalue weighted by molar-refractivity contribution is -0.150. The number of hydrogen-bond acceptors (Lipinski definition) is 2. The van der Waals surface area contributed by atoms with Crippen LogP contribution < -0.4 is 5.32 Å². The molecule has 1 atom stereocenters. The fourth-order valence-electron chi connectivity index (χ4n) is 6.73. The van der Waals surface area contributed by atoms with E-state index < -0.39 is 0 Å². The predicted molar refractivity (Wildman–Crippen MR) is 102 cm³/mol. The molecule has 0 radical (unpaired) electrons. The minimum Gasteiger partial charge on any atom is -0.344 e. The SMILES string of the molecule is CC(C)C[C@@H](NC(=O)C12CC3CC(CC(C3)C1)C2)C(=O)N1CCCCC1. The summed E-state index contributed by atoms with van der Waals surface area (Å²) >= 11 is 0. The third kappa shape index (κ3) is 3.53. The molecule has 1 N–H and O–H groups in total. The zero-order valence-electron chi connectivity index (χ0n) is 16.6. The molecule has 5 fully saturated rings. The molecule has 5 rings (SSSR count). The molecule has 1 heterocycles. The largest absolute Gasteiger partial charge is 0.344 e. The van der Waals surface area contributed by atoms with Crippen LogP contribution in [-0.4, -0.2) is 35.8 Å². The Hall–Kier alpha value is -1.06. The maximum atomic E-state index is 13.4. The first-order valence-corrected chi connectivity index (χ1v) is 11.0. The Labute approximate surface area is 158 Å². The number of piperidine rings is 1. The number of carbonyl (C=O) groups excluding carboxylic acids is 2. The van der Waals surface area contributed by atoms with Crippen LogP contribution in [0.4, 0.5) is 0 Å². The second-order valence-corrected chi connectivity index (χ2v) is 10.2. The Morgan fingerprint density at radius 2 is 1.50 bits per heavy atom. The highest BCUT2D eigenvalue weighted by molar-refractivity contribution is 5.90. The van der Waals surface area contributed by atoms with E-state index in [-0.39, 0.29) is 23.3 Å². The molecule has 4 aliphatic carbocycles. The van der Waals surface area contributed by atoms with Crippen molar-refractivity contribution in [1.82, 2.24) is 10.2 Å². The third-order valence-electron chi connectivity index (χ3n) is 7.50. The maximum absolute atomic E-state index is 13.4.